The van der Waals surface area contributed by atoms with Gasteiger partial charge in [0.05, 0.1) is 0 Å². The molecule has 0 N–H and O–H groups in total. The highest BCUT2D eigenvalue weighted by Gasteiger charge is 2.16. The lowest BCUT2D eigenvalue weighted by molar-refractivity contribution is -0.133. The number of hydrogen-bond acceptors (Lipinski definition) is 2. The molecule has 0 aliphatic carbocycles. The Hall–Kier alpha value is -1.84. The van der Waals surface area contributed by atoms with Gasteiger partial charge in [-0.1, -0.05) is 38.1 Å². The molecule has 0 heterocycles. The summed E-state index contributed by atoms with van der Waals surface area (Å²) in [5, 5.41) is 0. The topological polar surface area (TPSA) is 40.6 Å². The Morgan fingerprint density at radius 2 is 1.57 bits per heavy atom. The SMILES string of the molecule is CCCN(CCC)C(=O)CCN(Cc1ccccc1C)C(C)=O. The molecule has 0 saturated heterocycles. The van der Waals surface area contributed by atoms with Crippen LogP contribution in [0, 0.1) is 6.92 Å². The summed E-state index contributed by atoms with van der Waals surface area (Å²) in [4.78, 5) is 27.9. The van der Waals surface area contributed by atoms with E-state index in [1.807, 2.05) is 36.1 Å². The molecule has 2 amide bonds. The van der Waals surface area contributed by atoms with Crippen LogP contribution < -0.4 is 0 Å². The van der Waals surface area contributed by atoms with Gasteiger partial charge in [-0.2, -0.15) is 0 Å². The van der Waals surface area contributed by atoms with E-state index in [4.69, 9.17) is 0 Å². The lowest BCUT2D eigenvalue weighted by atomic mass is 10.1. The van der Waals surface area contributed by atoms with Crippen LogP contribution >= 0.6 is 0 Å². The maximum absolute atomic E-state index is 12.4. The minimum atomic E-state index is 0.0126. The molecule has 0 aromatic heterocycles. The van der Waals surface area contributed by atoms with Crippen molar-refractivity contribution in [3.63, 3.8) is 0 Å². The average molecular weight is 318 g/mol. The fourth-order valence-electron chi connectivity index (χ4n) is 2.63. The summed E-state index contributed by atoms with van der Waals surface area (Å²) < 4.78 is 0. The molecule has 1 rings (SSSR count). The molecule has 4 nitrogen and oxygen atoms in total. The molecular weight excluding hydrogens is 288 g/mol. The molecule has 4 heteroatoms. The van der Waals surface area contributed by atoms with Crippen molar-refractivity contribution in [1.82, 2.24) is 9.80 Å². The zero-order chi connectivity index (χ0) is 17.2. The van der Waals surface area contributed by atoms with E-state index in [1.54, 1.807) is 11.8 Å². The highest BCUT2D eigenvalue weighted by atomic mass is 16.2. The van der Waals surface area contributed by atoms with Crippen LogP contribution in [0.15, 0.2) is 24.3 Å². The van der Waals surface area contributed by atoms with Crippen molar-refractivity contribution in [1.29, 1.82) is 0 Å². The van der Waals surface area contributed by atoms with Crippen LogP contribution in [0.5, 0.6) is 0 Å². The summed E-state index contributed by atoms with van der Waals surface area (Å²) in [7, 11) is 0. The second-order valence-electron chi connectivity index (χ2n) is 6.00. The molecule has 0 fully saturated rings. The van der Waals surface area contributed by atoms with E-state index in [0.717, 1.165) is 31.5 Å². The smallest absolute Gasteiger partial charge is 0.224 e. The van der Waals surface area contributed by atoms with Gasteiger partial charge in [-0.25, -0.2) is 0 Å². The number of hydrogen-bond donors (Lipinski definition) is 0. The van der Waals surface area contributed by atoms with Crippen molar-refractivity contribution >= 4 is 11.8 Å². The average Bonchev–Trinajstić information content (AvgIpc) is 2.52. The van der Waals surface area contributed by atoms with E-state index in [-0.39, 0.29) is 11.8 Å². The molecule has 23 heavy (non-hydrogen) atoms. The largest absolute Gasteiger partial charge is 0.343 e. The maximum Gasteiger partial charge on any atom is 0.224 e. The molecule has 0 saturated carbocycles. The van der Waals surface area contributed by atoms with Crippen molar-refractivity contribution in [3.05, 3.63) is 35.4 Å². The zero-order valence-corrected chi connectivity index (χ0v) is 15.0. The van der Waals surface area contributed by atoms with E-state index >= 15 is 0 Å². The third-order valence-corrected chi connectivity index (χ3v) is 4.00. The first kappa shape index (κ1) is 19.2. The number of aryl methyl sites for hydroxylation is 1. The van der Waals surface area contributed by atoms with Gasteiger partial charge in [-0.15, -0.1) is 0 Å². The van der Waals surface area contributed by atoms with E-state index in [9.17, 15) is 9.59 Å². The van der Waals surface area contributed by atoms with Gasteiger partial charge >= 0.3 is 0 Å². The molecular formula is C19H30N2O2. The Bertz CT molecular complexity index is 508. The molecule has 1 aromatic carbocycles. The highest BCUT2D eigenvalue weighted by Crippen LogP contribution is 2.11. The summed E-state index contributed by atoms with van der Waals surface area (Å²) in [6, 6.07) is 8.06. The normalized spacial score (nSPS) is 10.4. The monoisotopic (exact) mass is 318 g/mol. The molecule has 0 aliphatic rings. The van der Waals surface area contributed by atoms with Crippen LogP contribution in [0.3, 0.4) is 0 Å². The Morgan fingerprint density at radius 1 is 0.957 bits per heavy atom. The van der Waals surface area contributed by atoms with Gasteiger partial charge in [-0.05, 0) is 30.9 Å². The summed E-state index contributed by atoms with van der Waals surface area (Å²) in [5.74, 6) is 0.156. The Balaban J connectivity index is 2.64. The van der Waals surface area contributed by atoms with Crippen LogP contribution in [0.2, 0.25) is 0 Å². The first-order chi connectivity index (χ1) is 11.0. The molecule has 128 valence electrons. The number of carbonyl (C=O) groups excluding carboxylic acids is 2. The minimum absolute atomic E-state index is 0.0126. The second kappa shape index (κ2) is 10.0. The fraction of sp³-hybridized carbons (Fsp3) is 0.579. The molecule has 1 aromatic rings. The first-order valence-electron chi connectivity index (χ1n) is 8.57. The van der Waals surface area contributed by atoms with Crippen LogP contribution in [0.25, 0.3) is 0 Å². The van der Waals surface area contributed by atoms with Gasteiger partial charge in [0, 0.05) is 39.5 Å². The predicted molar refractivity (Wildman–Crippen MR) is 94.0 cm³/mol. The molecule has 0 unspecified atom stereocenters. The zero-order valence-electron chi connectivity index (χ0n) is 15.0. The number of carbonyl (C=O) groups is 2. The number of rotatable bonds is 9. The van der Waals surface area contributed by atoms with Gasteiger partial charge in [0.1, 0.15) is 0 Å². The number of benzene rings is 1. The van der Waals surface area contributed by atoms with E-state index in [0.29, 0.717) is 19.5 Å². The van der Waals surface area contributed by atoms with Gasteiger partial charge in [0.15, 0.2) is 0 Å². The van der Waals surface area contributed by atoms with Gasteiger partial charge in [0.25, 0.3) is 0 Å². The Morgan fingerprint density at radius 3 is 2.09 bits per heavy atom. The molecule has 0 aliphatic heterocycles. The number of amides is 2. The molecule has 0 bridgehead atoms. The minimum Gasteiger partial charge on any atom is -0.343 e. The maximum atomic E-state index is 12.4. The van der Waals surface area contributed by atoms with Gasteiger partial charge in [0.2, 0.25) is 11.8 Å². The van der Waals surface area contributed by atoms with E-state index in [1.165, 1.54) is 5.56 Å². The van der Waals surface area contributed by atoms with Crippen molar-refractivity contribution in [2.45, 2.75) is 53.5 Å². The van der Waals surface area contributed by atoms with E-state index < -0.39 is 0 Å². The summed E-state index contributed by atoms with van der Waals surface area (Å²) in [6.07, 6.45) is 2.32. The third-order valence-electron chi connectivity index (χ3n) is 4.00. The highest BCUT2D eigenvalue weighted by molar-refractivity contribution is 5.78. The van der Waals surface area contributed by atoms with Crippen LogP contribution in [0.1, 0.15) is 51.2 Å². The third kappa shape index (κ3) is 6.43. The fourth-order valence-corrected chi connectivity index (χ4v) is 2.63. The van der Waals surface area contributed by atoms with Gasteiger partial charge < -0.3 is 9.80 Å². The van der Waals surface area contributed by atoms with Crippen LogP contribution in [-0.4, -0.2) is 41.2 Å². The quantitative estimate of drug-likeness (QED) is 0.700. The second-order valence-corrected chi connectivity index (χ2v) is 6.00. The van der Waals surface area contributed by atoms with Gasteiger partial charge in [-0.3, -0.25) is 9.59 Å². The van der Waals surface area contributed by atoms with Crippen LogP contribution in [-0.2, 0) is 16.1 Å². The lowest BCUT2D eigenvalue weighted by Crippen LogP contribution is -2.37. The summed E-state index contributed by atoms with van der Waals surface area (Å²) in [6.45, 7) is 10.4. The van der Waals surface area contributed by atoms with E-state index in [2.05, 4.69) is 13.8 Å². The summed E-state index contributed by atoms with van der Waals surface area (Å²) in [5.41, 5.74) is 2.30. The standard InChI is InChI=1S/C19H30N2O2/c1-5-12-20(13-6-2)19(23)11-14-21(17(4)22)15-18-10-8-7-9-16(18)3/h7-10H,5-6,11-15H2,1-4H3. The van der Waals surface area contributed by atoms with Crippen molar-refractivity contribution in [2.75, 3.05) is 19.6 Å². The Kier molecular flexibility index (Phi) is 8.38. The Labute approximate surface area is 140 Å². The van der Waals surface area contributed by atoms with Crippen molar-refractivity contribution < 1.29 is 9.59 Å². The first-order valence-corrected chi connectivity index (χ1v) is 8.57. The molecule has 0 radical (unpaired) electrons. The molecule has 0 spiro atoms. The predicted octanol–water partition coefficient (Wildman–Crippen LogP) is 3.38. The lowest BCUT2D eigenvalue weighted by Gasteiger charge is -2.25. The van der Waals surface area contributed by atoms with Crippen LogP contribution in [0.4, 0.5) is 0 Å². The summed E-state index contributed by atoms with van der Waals surface area (Å²) >= 11 is 0. The van der Waals surface area contributed by atoms with Crippen molar-refractivity contribution in [3.8, 4) is 0 Å². The van der Waals surface area contributed by atoms with Crippen molar-refractivity contribution in [2.24, 2.45) is 0 Å². The molecule has 0 atom stereocenters. The number of nitrogens with zero attached hydrogens (tertiary/aromatic N) is 2.